The zero-order chi connectivity index (χ0) is 20.8. The summed E-state index contributed by atoms with van der Waals surface area (Å²) in [4.78, 5) is 28.8. The van der Waals surface area contributed by atoms with Crippen LogP contribution in [-0.2, 0) is 6.54 Å². The van der Waals surface area contributed by atoms with Gasteiger partial charge in [-0.3, -0.25) is 9.55 Å². The van der Waals surface area contributed by atoms with Crippen LogP contribution in [0, 0.1) is 0 Å². The summed E-state index contributed by atoms with van der Waals surface area (Å²) in [6.07, 6.45) is 5.34. The van der Waals surface area contributed by atoms with Crippen molar-refractivity contribution in [3.63, 3.8) is 0 Å². The highest BCUT2D eigenvalue weighted by Gasteiger charge is 2.30. The number of ether oxygens (including phenoxy) is 1. The Kier molecular flexibility index (Phi) is 6.07. The van der Waals surface area contributed by atoms with Crippen molar-refractivity contribution in [2.24, 2.45) is 0 Å². The molecule has 2 N–H and O–H groups in total. The molecule has 2 amide bonds. The Hall–Kier alpha value is -3.62. The quantitative estimate of drug-likeness (QED) is 0.526. The molecule has 3 aromatic rings. The van der Waals surface area contributed by atoms with Crippen LogP contribution in [0.25, 0.3) is 11.4 Å². The first-order chi connectivity index (χ1) is 14.7. The fourth-order valence-electron chi connectivity index (χ4n) is 3.11. The number of rotatable bonds is 9. The van der Waals surface area contributed by atoms with E-state index in [9.17, 15) is 9.59 Å². The van der Waals surface area contributed by atoms with E-state index >= 15 is 0 Å². The fourth-order valence-corrected chi connectivity index (χ4v) is 3.11. The summed E-state index contributed by atoms with van der Waals surface area (Å²) in [6, 6.07) is 13.0. The molecule has 1 aliphatic rings. The van der Waals surface area contributed by atoms with Crippen LogP contribution in [0.2, 0.25) is 0 Å². The molecule has 4 rings (SSSR count). The van der Waals surface area contributed by atoms with Crippen LogP contribution in [0.15, 0.2) is 59.7 Å². The van der Waals surface area contributed by atoms with Crippen molar-refractivity contribution in [3.05, 3.63) is 65.3 Å². The highest BCUT2D eigenvalue weighted by atomic mass is 16.5. The van der Waals surface area contributed by atoms with Crippen LogP contribution in [0.4, 0.5) is 4.79 Å². The molecule has 0 atom stereocenters. The van der Waals surface area contributed by atoms with E-state index in [1.54, 1.807) is 17.0 Å². The molecule has 0 radical (unpaired) electrons. The molecule has 9 nitrogen and oxygen atoms in total. The Balaban J connectivity index is 1.27. The predicted octanol–water partition coefficient (Wildman–Crippen LogP) is 1.82. The molecule has 0 bridgehead atoms. The van der Waals surface area contributed by atoms with Gasteiger partial charge in [-0.25, -0.2) is 14.3 Å². The van der Waals surface area contributed by atoms with Gasteiger partial charge in [0.15, 0.2) is 5.82 Å². The first-order valence-corrected chi connectivity index (χ1v) is 10.0. The minimum Gasteiger partial charge on any atom is -0.492 e. The normalized spacial score (nSPS) is 13.1. The molecule has 0 saturated heterocycles. The van der Waals surface area contributed by atoms with Gasteiger partial charge in [0.25, 0.3) is 0 Å². The van der Waals surface area contributed by atoms with E-state index in [1.807, 2.05) is 42.5 Å². The van der Waals surface area contributed by atoms with Gasteiger partial charge in [0.2, 0.25) is 0 Å². The van der Waals surface area contributed by atoms with Gasteiger partial charge < -0.3 is 15.4 Å². The van der Waals surface area contributed by atoms with Gasteiger partial charge in [0, 0.05) is 30.5 Å². The molecule has 9 heteroatoms. The molecule has 1 fully saturated rings. The third kappa shape index (κ3) is 4.86. The van der Waals surface area contributed by atoms with E-state index in [0.29, 0.717) is 32.1 Å². The fraction of sp³-hybridized carbons (Fsp3) is 0.333. The summed E-state index contributed by atoms with van der Waals surface area (Å²) in [5.74, 6) is 1.38. The number of nitrogens with zero attached hydrogens (tertiary/aromatic N) is 4. The minimum atomic E-state index is -0.311. The smallest absolute Gasteiger partial charge is 0.346 e. The average molecular weight is 408 g/mol. The van der Waals surface area contributed by atoms with Gasteiger partial charge in [-0.2, -0.15) is 0 Å². The van der Waals surface area contributed by atoms with E-state index in [-0.39, 0.29) is 17.8 Å². The molecule has 1 saturated carbocycles. The predicted molar refractivity (Wildman–Crippen MR) is 111 cm³/mol. The molecule has 1 aliphatic carbocycles. The lowest BCUT2D eigenvalue weighted by molar-refractivity contribution is 0.236. The third-order valence-corrected chi connectivity index (χ3v) is 4.71. The van der Waals surface area contributed by atoms with Gasteiger partial charge in [0.1, 0.15) is 12.4 Å². The number of urea groups is 1. The van der Waals surface area contributed by atoms with Crippen LogP contribution < -0.4 is 21.1 Å². The number of hydrogen-bond acceptors (Lipinski definition) is 5. The van der Waals surface area contributed by atoms with E-state index in [4.69, 9.17) is 4.74 Å². The summed E-state index contributed by atoms with van der Waals surface area (Å²) in [5, 5.41) is 9.95. The van der Waals surface area contributed by atoms with E-state index < -0.39 is 0 Å². The van der Waals surface area contributed by atoms with Crippen LogP contribution in [0.1, 0.15) is 18.9 Å². The van der Waals surface area contributed by atoms with Crippen LogP contribution in [0.3, 0.4) is 0 Å². The van der Waals surface area contributed by atoms with Crippen molar-refractivity contribution < 1.29 is 9.53 Å². The average Bonchev–Trinajstić information content (AvgIpc) is 3.56. The standard InChI is InChI=1S/C21H24N6O3/c28-20(24-12-14-30-18-6-2-1-3-7-18)23-11-13-26-21(29)27(17-8-9-17)19(25-26)16-5-4-10-22-15-16/h1-7,10,15,17H,8-9,11-14H2,(H2,23,24,28). The lowest BCUT2D eigenvalue weighted by atomic mass is 10.3. The largest absolute Gasteiger partial charge is 0.492 e. The lowest BCUT2D eigenvalue weighted by Crippen LogP contribution is -2.40. The van der Waals surface area contributed by atoms with E-state index in [0.717, 1.165) is 24.2 Å². The molecule has 156 valence electrons. The Bertz CT molecular complexity index is 1030. The number of benzene rings is 1. The highest BCUT2D eigenvalue weighted by Crippen LogP contribution is 2.36. The Morgan fingerprint density at radius 3 is 2.63 bits per heavy atom. The number of carbonyl (C=O) groups is 1. The van der Waals surface area contributed by atoms with Crippen molar-refractivity contribution in [2.75, 3.05) is 19.7 Å². The van der Waals surface area contributed by atoms with Crippen LogP contribution >= 0.6 is 0 Å². The van der Waals surface area contributed by atoms with Crippen molar-refractivity contribution in [1.82, 2.24) is 30.0 Å². The monoisotopic (exact) mass is 408 g/mol. The summed E-state index contributed by atoms with van der Waals surface area (Å²) in [5.41, 5.74) is 0.652. The van der Waals surface area contributed by atoms with Crippen molar-refractivity contribution in [1.29, 1.82) is 0 Å². The number of amides is 2. The Morgan fingerprint density at radius 2 is 1.90 bits per heavy atom. The summed E-state index contributed by atoms with van der Waals surface area (Å²) >= 11 is 0. The second-order valence-electron chi connectivity index (χ2n) is 7.02. The first kappa shape index (κ1) is 19.7. The van der Waals surface area contributed by atoms with Gasteiger partial charge in [0.05, 0.1) is 13.1 Å². The maximum atomic E-state index is 12.8. The van der Waals surface area contributed by atoms with Crippen LogP contribution in [0.5, 0.6) is 5.75 Å². The number of nitrogens with one attached hydrogen (secondary N) is 2. The van der Waals surface area contributed by atoms with Crippen molar-refractivity contribution >= 4 is 6.03 Å². The molecule has 2 aromatic heterocycles. The Morgan fingerprint density at radius 1 is 1.10 bits per heavy atom. The molecule has 0 unspecified atom stereocenters. The number of hydrogen-bond donors (Lipinski definition) is 2. The number of para-hydroxylation sites is 1. The summed E-state index contributed by atoms with van der Waals surface area (Å²) in [6.45, 7) is 1.33. The molecule has 30 heavy (non-hydrogen) atoms. The maximum absolute atomic E-state index is 12.8. The molecule has 0 aliphatic heterocycles. The number of aromatic nitrogens is 4. The molecular weight excluding hydrogens is 384 g/mol. The summed E-state index contributed by atoms with van der Waals surface area (Å²) in [7, 11) is 0. The molecule has 0 spiro atoms. The highest BCUT2D eigenvalue weighted by molar-refractivity contribution is 5.73. The number of pyridine rings is 1. The third-order valence-electron chi connectivity index (χ3n) is 4.71. The SMILES string of the molecule is O=C(NCCOc1ccccc1)NCCn1nc(-c2cccnc2)n(C2CC2)c1=O. The van der Waals surface area contributed by atoms with Gasteiger partial charge in [-0.1, -0.05) is 18.2 Å². The summed E-state index contributed by atoms with van der Waals surface area (Å²) < 4.78 is 8.66. The molecular formula is C21H24N6O3. The van der Waals surface area contributed by atoms with Crippen molar-refractivity contribution in [2.45, 2.75) is 25.4 Å². The van der Waals surface area contributed by atoms with Gasteiger partial charge in [-0.05, 0) is 37.1 Å². The molecule has 2 heterocycles. The zero-order valence-electron chi connectivity index (χ0n) is 16.5. The zero-order valence-corrected chi connectivity index (χ0v) is 16.5. The van der Waals surface area contributed by atoms with Crippen molar-refractivity contribution in [3.8, 4) is 17.1 Å². The van der Waals surface area contributed by atoms with Gasteiger partial charge in [-0.15, -0.1) is 5.10 Å². The lowest BCUT2D eigenvalue weighted by Gasteiger charge is -2.08. The second-order valence-corrected chi connectivity index (χ2v) is 7.02. The second kappa shape index (κ2) is 9.25. The minimum absolute atomic E-state index is 0.158. The topological polar surface area (TPSA) is 103 Å². The van der Waals surface area contributed by atoms with E-state index in [2.05, 4.69) is 20.7 Å². The number of carbonyl (C=O) groups excluding carboxylic acids is 1. The van der Waals surface area contributed by atoms with E-state index in [1.165, 1.54) is 4.68 Å². The molecule has 1 aromatic carbocycles. The first-order valence-electron chi connectivity index (χ1n) is 10.0. The van der Waals surface area contributed by atoms with Gasteiger partial charge >= 0.3 is 11.7 Å². The van der Waals surface area contributed by atoms with Crippen LogP contribution in [-0.4, -0.2) is 45.1 Å². The Labute approximate surface area is 173 Å². The maximum Gasteiger partial charge on any atom is 0.346 e.